The zero-order chi connectivity index (χ0) is 32.6. The Bertz CT molecular complexity index is 1650. The molecule has 1 spiro atoms. The molecule has 3 aromatic rings. The molecule has 3 unspecified atom stereocenters. The number of aliphatic hydroxyl groups excluding tert-OH is 1. The van der Waals surface area contributed by atoms with Crippen molar-refractivity contribution < 1.29 is 24.2 Å². The number of carbonyl (C=O) groups is 3. The van der Waals surface area contributed by atoms with Gasteiger partial charge in [0.1, 0.15) is 24.0 Å². The molecule has 242 valence electrons. The number of halogens is 1. The monoisotopic (exact) mass is 708 g/mol. The van der Waals surface area contributed by atoms with Gasteiger partial charge < -0.3 is 24.5 Å². The average molecular weight is 710 g/mol. The van der Waals surface area contributed by atoms with Gasteiger partial charge in [0.05, 0.1) is 35.3 Å². The van der Waals surface area contributed by atoms with Crippen molar-refractivity contribution in [3.8, 4) is 5.75 Å². The Morgan fingerprint density at radius 2 is 1.89 bits per heavy atom. The van der Waals surface area contributed by atoms with Crippen molar-refractivity contribution in [3.05, 3.63) is 73.8 Å². The van der Waals surface area contributed by atoms with E-state index >= 15 is 0 Å². The first-order chi connectivity index (χ1) is 22.3. The smallest absolute Gasteiger partial charge is 0.248 e. The quantitative estimate of drug-likeness (QED) is 0.212. The maximum Gasteiger partial charge on any atom is 0.248 e. The lowest BCUT2D eigenvalue weighted by molar-refractivity contribution is -0.144. The number of ether oxygens (including phenoxy) is 1. The Labute approximate surface area is 280 Å². The third-order valence-electron chi connectivity index (χ3n) is 9.07. The fraction of sp³-hybridized carbons (Fsp3) is 0.424. The SMILES string of the molecule is C=CCN(Cn1nnc2ccccc21)C(=O)C1N(CCO)C(=O)[C@@H]2[C@H](C(=O)N(CC=C)c3ccc(OCC)cc3)[C@H]3SC12CC3Br. The van der Waals surface area contributed by atoms with Crippen LogP contribution in [0.2, 0.25) is 0 Å². The van der Waals surface area contributed by atoms with Crippen LogP contribution in [-0.4, -0.2) is 101 Å². The van der Waals surface area contributed by atoms with Crippen molar-refractivity contribution in [3.63, 3.8) is 0 Å². The summed E-state index contributed by atoms with van der Waals surface area (Å²) in [6, 6.07) is 13.9. The Kier molecular flexibility index (Phi) is 9.26. The second-order valence-electron chi connectivity index (χ2n) is 11.7. The molecule has 3 aliphatic heterocycles. The number of β-amino-alcohol motifs (C(OH)–C–C–N with tert-alkyl or cyclic N) is 1. The lowest BCUT2D eigenvalue weighted by Crippen LogP contribution is -2.56. The summed E-state index contributed by atoms with van der Waals surface area (Å²) in [5.74, 6) is -1.48. The number of nitrogens with zero attached hydrogens (tertiary/aromatic N) is 6. The predicted molar refractivity (Wildman–Crippen MR) is 181 cm³/mol. The molecule has 2 bridgehead atoms. The largest absolute Gasteiger partial charge is 0.494 e. The van der Waals surface area contributed by atoms with Crippen molar-refractivity contribution in [1.82, 2.24) is 24.8 Å². The number of alkyl halides is 1. The van der Waals surface area contributed by atoms with Crippen molar-refractivity contribution in [2.24, 2.45) is 11.8 Å². The third kappa shape index (κ3) is 5.31. The van der Waals surface area contributed by atoms with E-state index in [1.165, 1.54) is 4.90 Å². The maximum atomic E-state index is 14.7. The van der Waals surface area contributed by atoms with Crippen molar-refractivity contribution >= 4 is 62.1 Å². The molecule has 46 heavy (non-hydrogen) atoms. The molecule has 6 rings (SSSR count). The van der Waals surface area contributed by atoms with E-state index in [0.29, 0.717) is 30.0 Å². The van der Waals surface area contributed by atoms with Gasteiger partial charge in [0.2, 0.25) is 17.7 Å². The molecular formula is C33H37BrN6O5S. The number of hydrogen-bond acceptors (Lipinski definition) is 8. The standard InChI is InChI=1S/C33H37BrN6O5S/c1-4-15-37(20-40-25-10-8-7-9-24(25)35-36-40)32(44)29-33-19-23(34)28(46-33)26(27(33)31(43)39(29)17-18-41)30(42)38(16-5-2)21-11-13-22(14-12-21)45-6-3/h4-5,7-14,23,26-29,41H,1-2,6,15-20H2,3H3/t23?,26-,27-,28-,29?,33?/m0/s1. The third-order valence-corrected chi connectivity index (χ3v) is 12.3. The highest BCUT2D eigenvalue weighted by atomic mass is 79.9. The molecule has 1 N–H and O–H groups in total. The zero-order valence-corrected chi connectivity index (χ0v) is 28.0. The summed E-state index contributed by atoms with van der Waals surface area (Å²) in [7, 11) is 0. The van der Waals surface area contributed by atoms with E-state index in [9.17, 15) is 19.5 Å². The normalized spacial score (nSPS) is 26.3. The van der Waals surface area contributed by atoms with Crippen molar-refractivity contribution in [1.29, 1.82) is 0 Å². The van der Waals surface area contributed by atoms with Crippen LogP contribution < -0.4 is 9.64 Å². The number of hydrogen-bond donors (Lipinski definition) is 1. The molecule has 3 fully saturated rings. The summed E-state index contributed by atoms with van der Waals surface area (Å²) < 4.78 is 6.37. The van der Waals surface area contributed by atoms with Gasteiger partial charge in [0, 0.05) is 35.4 Å². The van der Waals surface area contributed by atoms with Crippen LogP contribution in [0.1, 0.15) is 13.3 Å². The van der Waals surface area contributed by atoms with E-state index in [0.717, 1.165) is 5.52 Å². The van der Waals surface area contributed by atoms with E-state index < -0.39 is 22.6 Å². The molecule has 0 radical (unpaired) electrons. The summed E-state index contributed by atoms with van der Waals surface area (Å²) >= 11 is 5.39. The summed E-state index contributed by atoms with van der Waals surface area (Å²) in [4.78, 5) is 48.2. The first-order valence-corrected chi connectivity index (χ1v) is 17.1. The van der Waals surface area contributed by atoms with Crippen LogP contribution in [0.3, 0.4) is 0 Å². The van der Waals surface area contributed by atoms with Crippen LogP contribution in [-0.2, 0) is 21.1 Å². The number of rotatable bonds is 13. The van der Waals surface area contributed by atoms with Gasteiger partial charge in [0.25, 0.3) is 0 Å². The highest BCUT2D eigenvalue weighted by molar-refractivity contribution is 9.09. The number of benzene rings is 2. The van der Waals surface area contributed by atoms with Gasteiger partial charge in [-0.25, -0.2) is 4.68 Å². The molecule has 1 aromatic heterocycles. The fourth-order valence-electron chi connectivity index (χ4n) is 7.29. The van der Waals surface area contributed by atoms with Gasteiger partial charge in [-0.1, -0.05) is 45.4 Å². The molecule has 11 nitrogen and oxygen atoms in total. The molecule has 0 saturated carbocycles. The van der Waals surface area contributed by atoms with Crippen LogP contribution >= 0.6 is 27.7 Å². The topological polar surface area (TPSA) is 121 Å². The summed E-state index contributed by atoms with van der Waals surface area (Å²) in [5.41, 5.74) is 2.15. The van der Waals surface area contributed by atoms with E-state index in [1.807, 2.05) is 55.5 Å². The molecular weight excluding hydrogens is 672 g/mol. The van der Waals surface area contributed by atoms with Gasteiger partial charge in [-0.15, -0.1) is 30.0 Å². The van der Waals surface area contributed by atoms with Gasteiger partial charge >= 0.3 is 0 Å². The average Bonchev–Trinajstić information content (AvgIpc) is 3.77. The van der Waals surface area contributed by atoms with Crippen LogP contribution in [0.4, 0.5) is 5.69 Å². The fourth-order valence-corrected chi connectivity index (χ4v) is 10.9. The molecule has 3 aliphatic rings. The Hall–Kier alpha value is -3.68. The summed E-state index contributed by atoms with van der Waals surface area (Å²) in [6.07, 6.45) is 3.83. The number of likely N-dealkylation sites (tertiary alicyclic amines) is 1. The van der Waals surface area contributed by atoms with Gasteiger partial charge in [-0.3, -0.25) is 14.4 Å². The van der Waals surface area contributed by atoms with E-state index in [1.54, 1.807) is 38.4 Å². The minimum absolute atomic E-state index is 0.0178. The molecule has 3 amide bonds. The van der Waals surface area contributed by atoms with Crippen molar-refractivity contribution in [2.75, 3.05) is 37.7 Å². The summed E-state index contributed by atoms with van der Waals surface area (Å²) in [5, 5.41) is 18.3. The Morgan fingerprint density at radius 3 is 2.59 bits per heavy atom. The molecule has 3 saturated heterocycles. The first-order valence-electron chi connectivity index (χ1n) is 15.4. The number of fused-ring (bicyclic) bond motifs is 2. The highest BCUT2D eigenvalue weighted by Gasteiger charge is 2.76. The van der Waals surface area contributed by atoms with Crippen LogP contribution in [0, 0.1) is 11.8 Å². The number of aliphatic hydroxyl groups is 1. The zero-order valence-electron chi connectivity index (χ0n) is 25.6. The van der Waals surface area contributed by atoms with Crippen LogP contribution in [0.5, 0.6) is 5.75 Å². The van der Waals surface area contributed by atoms with Crippen LogP contribution in [0.25, 0.3) is 11.0 Å². The van der Waals surface area contributed by atoms with Gasteiger partial charge in [0.15, 0.2) is 0 Å². The maximum absolute atomic E-state index is 14.7. The number of aromatic nitrogens is 3. The van der Waals surface area contributed by atoms with E-state index in [-0.39, 0.29) is 60.7 Å². The lowest BCUT2D eigenvalue weighted by Gasteiger charge is -2.38. The first kappa shape index (κ1) is 32.3. The number of para-hydroxylation sites is 1. The predicted octanol–water partition coefficient (Wildman–Crippen LogP) is 3.48. The van der Waals surface area contributed by atoms with Crippen LogP contribution in [0.15, 0.2) is 73.8 Å². The Balaban J connectivity index is 1.36. The van der Waals surface area contributed by atoms with E-state index in [2.05, 4.69) is 39.4 Å². The number of anilines is 1. The lowest BCUT2D eigenvalue weighted by atomic mass is 9.70. The molecule has 0 aliphatic carbocycles. The number of carbonyl (C=O) groups excluding carboxylic acids is 3. The second kappa shape index (κ2) is 13.2. The van der Waals surface area contributed by atoms with Crippen molar-refractivity contribution in [2.45, 2.75) is 40.9 Å². The second-order valence-corrected chi connectivity index (χ2v) is 14.4. The highest BCUT2D eigenvalue weighted by Crippen LogP contribution is 2.68. The number of thioether (sulfide) groups is 1. The summed E-state index contributed by atoms with van der Waals surface area (Å²) in [6.45, 7) is 10.4. The molecule has 13 heteroatoms. The van der Waals surface area contributed by atoms with Gasteiger partial charge in [-0.2, -0.15) is 0 Å². The minimum atomic E-state index is -0.891. The van der Waals surface area contributed by atoms with Gasteiger partial charge in [-0.05, 0) is 49.7 Å². The molecule has 2 aromatic carbocycles. The molecule has 6 atom stereocenters. The van der Waals surface area contributed by atoms with E-state index in [4.69, 9.17) is 4.74 Å². The molecule has 4 heterocycles. The number of amides is 3. The minimum Gasteiger partial charge on any atom is -0.494 e. The Morgan fingerprint density at radius 1 is 1.15 bits per heavy atom.